The molecule has 3 nitrogen and oxygen atoms in total. The number of anilines is 1. The summed E-state index contributed by atoms with van der Waals surface area (Å²) in [6, 6.07) is 7.60. The highest BCUT2D eigenvalue weighted by atomic mass is 35.5. The van der Waals surface area contributed by atoms with Crippen molar-refractivity contribution in [2.45, 2.75) is 0 Å². The SMILES string of the molecule is NC(=S)c1c(F)cccc1NC(=O)c1ccc(Cl)c(F)c1. The van der Waals surface area contributed by atoms with E-state index in [0.29, 0.717) is 0 Å². The van der Waals surface area contributed by atoms with Crippen LogP contribution in [0.25, 0.3) is 0 Å². The number of halogens is 3. The lowest BCUT2D eigenvalue weighted by atomic mass is 10.1. The summed E-state index contributed by atoms with van der Waals surface area (Å²) in [5.74, 6) is -2.01. The predicted molar refractivity (Wildman–Crippen MR) is 81.7 cm³/mol. The van der Waals surface area contributed by atoms with Crippen LogP contribution in [0.1, 0.15) is 15.9 Å². The van der Waals surface area contributed by atoms with E-state index in [1.54, 1.807) is 0 Å². The summed E-state index contributed by atoms with van der Waals surface area (Å²) >= 11 is 10.3. The van der Waals surface area contributed by atoms with Gasteiger partial charge in [0.1, 0.15) is 16.6 Å². The number of amides is 1. The minimum absolute atomic E-state index is 0.0371. The van der Waals surface area contributed by atoms with E-state index in [4.69, 9.17) is 29.6 Å². The van der Waals surface area contributed by atoms with Gasteiger partial charge in [-0.2, -0.15) is 0 Å². The van der Waals surface area contributed by atoms with Gasteiger partial charge in [0.15, 0.2) is 0 Å². The lowest BCUT2D eigenvalue weighted by Crippen LogP contribution is -2.19. The molecular weight excluding hydrogens is 318 g/mol. The molecule has 0 heterocycles. The van der Waals surface area contributed by atoms with Gasteiger partial charge in [-0.15, -0.1) is 0 Å². The van der Waals surface area contributed by atoms with Crippen molar-refractivity contribution < 1.29 is 13.6 Å². The van der Waals surface area contributed by atoms with Gasteiger partial charge in [0.05, 0.1) is 16.3 Å². The number of nitrogens with two attached hydrogens (primary N) is 1. The van der Waals surface area contributed by atoms with Crippen molar-refractivity contribution in [3.63, 3.8) is 0 Å². The fraction of sp³-hybridized carbons (Fsp3) is 0. The maximum absolute atomic E-state index is 13.7. The van der Waals surface area contributed by atoms with E-state index < -0.39 is 17.5 Å². The maximum Gasteiger partial charge on any atom is 0.255 e. The fourth-order valence-corrected chi connectivity index (χ4v) is 2.04. The Morgan fingerprint density at radius 1 is 1.19 bits per heavy atom. The minimum atomic E-state index is -0.724. The molecule has 0 saturated carbocycles. The molecule has 0 unspecified atom stereocenters. The number of rotatable bonds is 3. The van der Waals surface area contributed by atoms with E-state index in [9.17, 15) is 13.6 Å². The molecule has 7 heteroatoms. The Morgan fingerprint density at radius 2 is 1.90 bits per heavy atom. The lowest BCUT2D eigenvalue weighted by molar-refractivity contribution is 0.102. The van der Waals surface area contributed by atoms with Gasteiger partial charge in [0.2, 0.25) is 0 Å². The second-order valence-electron chi connectivity index (χ2n) is 4.11. The highest BCUT2D eigenvalue weighted by Crippen LogP contribution is 2.21. The maximum atomic E-state index is 13.7. The van der Waals surface area contributed by atoms with Gasteiger partial charge in [-0.25, -0.2) is 8.78 Å². The molecule has 0 saturated heterocycles. The van der Waals surface area contributed by atoms with Gasteiger partial charge < -0.3 is 11.1 Å². The molecule has 0 aromatic heterocycles. The standard InChI is InChI=1S/C14H9ClF2N2OS/c15-8-5-4-7(6-10(8)17)14(20)19-11-3-1-2-9(16)12(11)13(18)21/h1-6H,(H2,18,21)(H,19,20). The number of hydrogen-bond donors (Lipinski definition) is 2. The fourth-order valence-electron chi connectivity index (χ4n) is 1.71. The molecule has 21 heavy (non-hydrogen) atoms. The summed E-state index contributed by atoms with van der Waals surface area (Å²) in [6.45, 7) is 0. The summed E-state index contributed by atoms with van der Waals surface area (Å²) in [5, 5.41) is 2.34. The van der Waals surface area contributed by atoms with E-state index in [2.05, 4.69) is 5.32 Å². The molecule has 2 aromatic rings. The molecule has 2 rings (SSSR count). The second-order valence-corrected chi connectivity index (χ2v) is 4.96. The summed E-state index contributed by atoms with van der Waals surface area (Å²) in [7, 11) is 0. The van der Waals surface area contributed by atoms with Crippen LogP contribution in [0.5, 0.6) is 0 Å². The quantitative estimate of drug-likeness (QED) is 0.849. The van der Waals surface area contributed by atoms with Crippen LogP contribution in [-0.4, -0.2) is 10.9 Å². The number of nitrogens with one attached hydrogen (secondary N) is 1. The third-order valence-corrected chi connectivity index (χ3v) is 3.20. The third kappa shape index (κ3) is 3.34. The Kier molecular flexibility index (Phi) is 4.50. The number of thiocarbonyl (C=S) groups is 1. The van der Waals surface area contributed by atoms with Gasteiger partial charge in [-0.1, -0.05) is 29.9 Å². The molecule has 0 atom stereocenters. The van der Waals surface area contributed by atoms with Crippen LogP contribution in [0.2, 0.25) is 5.02 Å². The van der Waals surface area contributed by atoms with Crippen LogP contribution >= 0.6 is 23.8 Å². The zero-order valence-corrected chi connectivity index (χ0v) is 12.1. The molecule has 2 aromatic carbocycles. The highest BCUT2D eigenvalue weighted by Gasteiger charge is 2.15. The van der Waals surface area contributed by atoms with Gasteiger partial charge in [-0.3, -0.25) is 4.79 Å². The average molecular weight is 327 g/mol. The monoisotopic (exact) mass is 326 g/mol. The number of carbonyl (C=O) groups is 1. The average Bonchev–Trinajstić information content (AvgIpc) is 2.41. The van der Waals surface area contributed by atoms with Crippen molar-refractivity contribution in [3.05, 3.63) is 64.2 Å². The molecule has 0 spiro atoms. The first kappa shape index (κ1) is 15.3. The summed E-state index contributed by atoms with van der Waals surface area (Å²) in [6.07, 6.45) is 0. The summed E-state index contributed by atoms with van der Waals surface area (Å²) in [4.78, 5) is 11.8. The van der Waals surface area contributed by atoms with Crippen molar-refractivity contribution in [1.29, 1.82) is 0 Å². The first-order valence-electron chi connectivity index (χ1n) is 5.75. The molecule has 0 aliphatic rings. The van der Waals surface area contributed by atoms with Gasteiger partial charge in [0, 0.05) is 5.56 Å². The van der Waals surface area contributed by atoms with Crippen molar-refractivity contribution in [1.82, 2.24) is 0 Å². The van der Waals surface area contributed by atoms with Crippen LogP contribution < -0.4 is 11.1 Å². The lowest BCUT2D eigenvalue weighted by Gasteiger charge is -2.11. The molecule has 108 valence electrons. The number of hydrogen-bond acceptors (Lipinski definition) is 2. The van der Waals surface area contributed by atoms with E-state index >= 15 is 0 Å². The molecule has 0 fully saturated rings. The normalized spacial score (nSPS) is 10.2. The van der Waals surface area contributed by atoms with Crippen LogP contribution in [0.4, 0.5) is 14.5 Å². The van der Waals surface area contributed by atoms with Crippen LogP contribution in [0, 0.1) is 11.6 Å². The number of carbonyl (C=O) groups excluding carboxylic acids is 1. The third-order valence-electron chi connectivity index (χ3n) is 2.69. The minimum Gasteiger partial charge on any atom is -0.389 e. The first-order valence-corrected chi connectivity index (χ1v) is 6.53. The van der Waals surface area contributed by atoms with Crippen LogP contribution in [-0.2, 0) is 0 Å². The molecule has 0 radical (unpaired) electrons. The van der Waals surface area contributed by atoms with Gasteiger partial charge in [0.25, 0.3) is 5.91 Å². The Morgan fingerprint density at radius 3 is 2.52 bits per heavy atom. The number of benzene rings is 2. The Hall–Kier alpha value is -2.05. The zero-order chi connectivity index (χ0) is 15.6. The van der Waals surface area contributed by atoms with Crippen molar-refractivity contribution in [2.24, 2.45) is 5.73 Å². The molecule has 0 aliphatic carbocycles. The molecule has 0 bridgehead atoms. The smallest absolute Gasteiger partial charge is 0.255 e. The van der Waals surface area contributed by atoms with E-state index in [1.165, 1.54) is 30.3 Å². The molecule has 0 aliphatic heterocycles. The van der Waals surface area contributed by atoms with E-state index in [-0.39, 0.29) is 26.8 Å². The summed E-state index contributed by atoms with van der Waals surface area (Å²) < 4.78 is 27.0. The van der Waals surface area contributed by atoms with E-state index in [1.807, 2.05) is 0 Å². The van der Waals surface area contributed by atoms with Crippen LogP contribution in [0.15, 0.2) is 36.4 Å². The predicted octanol–water partition coefficient (Wildman–Crippen LogP) is 3.50. The van der Waals surface area contributed by atoms with Gasteiger partial charge >= 0.3 is 0 Å². The Balaban J connectivity index is 2.34. The van der Waals surface area contributed by atoms with Crippen molar-refractivity contribution in [2.75, 3.05) is 5.32 Å². The highest BCUT2D eigenvalue weighted by molar-refractivity contribution is 7.80. The second kappa shape index (κ2) is 6.15. The van der Waals surface area contributed by atoms with E-state index in [0.717, 1.165) is 6.07 Å². The zero-order valence-electron chi connectivity index (χ0n) is 10.5. The van der Waals surface area contributed by atoms with Crippen LogP contribution in [0.3, 0.4) is 0 Å². The first-order chi connectivity index (χ1) is 9.90. The Labute approximate surface area is 129 Å². The summed E-state index contributed by atoms with van der Waals surface area (Å²) in [5.41, 5.74) is 5.51. The molecule has 1 amide bonds. The molecule has 3 N–H and O–H groups in total. The van der Waals surface area contributed by atoms with Crippen molar-refractivity contribution in [3.8, 4) is 0 Å². The molecular formula is C14H9ClF2N2OS. The topological polar surface area (TPSA) is 55.1 Å². The van der Waals surface area contributed by atoms with Gasteiger partial charge in [-0.05, 0) is 30.3 Å². The van der Waals surface area contributed by atoms with Crippen molar-refractivity contribution >= 4 is 40.4 Å². The largest absolute Gasteiger partial charge is 0.389 e. The Bertz CT molecular complexity index is 737.